The lowest BCUT2D eigenvalue weighted by Crippen LogP contribution is -2.29. The second-order valence-electron chi connectivity index (χ2n) is 23.1. The largest absolute Gasteiger partial charge is 0.309 e. The Kier molecular flexibility index (Phi) is 11.8. The first kappa shape index (κ1) is 50.2. The molecule has 0 N–H and O–H groups in total. The second-order valence-corrected chi connectivity index (χ2v) is 23.1. The molecule has 87 heavy (non-hydrogen) atoms. The van der Waals surface area contributed by atoms with Gasteiger partial charge in [0.15, 0.2) is 0 Å². The summed E-state index contributed by atoms with van der Waals surface area (Å²) in [5, 5.41) is 4.96. The van der Waals surface area contributed by atoms with Crippen LogP contribution in [0.4, 0.5) is 0 Å². The molecule has 0 saturated carbocycles. The summed E-state index contributed by atoms with van der Waals surface area (Å²) in [6.45, 7) is 0. The first-order valence-electron chi connectivity index (χ1n) is 30.1. The topological polar surface area (TPSA) is 9.86 Å². The minimum Gasteiger partial charge on any atom is -0.309 e. The maximum Gasteiger partial charge on any atom is 0.0719 e. The summed E-state index contributed by atoms with van der Waals surface area (Å²) < 4.78 is 4.82. The molecule has 14 aromatic carbocycles. The molecular formula is C85H56N2. The normalized spacial score (nSPS) is 12.5. The highest BCUT2D eigenvalue weighted by atomic mass is 15.0. The van der Waals surface area contributed by atoms with Gasteiger partial charge in [-0.25, -0.2) is 0 Å². The minimum atomic E-state index is -0.486. The standard InChI is InChI=1S/C85H56N2/c1-3-19-57(20-4-1)58-41-47-69(48-42-58)86-81-35-15-10-30-74(81)76-55-65(45-51-83(76)86)66-46-52-84-77(56-66)75-31-11-16-36-82(75)87(84)70-49-43-61(44-50-70)63-22-17-21-62(53-63)59-37-39-60(40-38-59)64-23-18-24-67(54-64)71-27-7-12-32-78(71)85(68-25-5-2-6-26-68)79-33-13-8-28-72(79)73-29-9-14-34-80(73)85/h1-56H. The van der Waals surface area contributed by atoms with Crippen molar-refractivity contribution in [2.24, 2.45) is 0 Å². The molecular weight excluding hydrogens is 1050 g/mol. The Morgan fingerprint density at radius 2 is 0.494 bits per heavy atom. The van der Waals surface area contributed by atoms with Gasteiger partial charge in [-0.15, -0.1) is 0 Å². The fourth-order valence-corrected chi connectivity index (χ4v) is 14.4. The molecule has 0 saturated heterocycles. The number of rotatable bonds is 10. The minimum absolute atomic E-state index is 0.486. The highest BCUT2D eigenvalue weighted by molar-refractivity contribution is 6.13. The van der Waals surface area contributed by atoms with Crippen molar-refractivity contribution in [3.8, 4) is 89.3 Å². The predicted octanol–water partition coefficient (Wildman–Crippen LogP) is 22.2. The zero-order chi connectivity index (χ0) is 57.4. The van der Waals surface area contributed by atoms with Crippen molar-refractivity contribution in [1.82, 2.24) is 9.13 Å². The quantitative estimate of drug-likeness (QED) is 0.129. The molecule has 0 bridgehead atoms. The second kappa shape index (κ2) is 20.5. The van der Waals surface area contributed by atoms with Crippen molar-refractivity contribution in [2.75, 3.05) is 0 Å². The number of hydrogen-bond acceptors (Lipinski definition) is 0. The van der Waals surface area contributed by atoms with Crippen LogP contribution in [0.15, 0.2) is 340 Å². The number of hydrogen-bond donors (Lipinski definition) is 0. The number of nitrogens with zero attached hydrogens (tertiary/aromatic N) is 2. The van der Waals surface area contributed by atoms with Crippen molar-refractivity contribution >= 4 is 43.6 Å². The van der Waals surface area contributed by atoms with E-state index >= 15 is 0 Å². The highest BCUT2D eigenvalue weighted by Gasteiger charge is 2.47. The zero-order valence-electron chi connectivity index (χ0n) is 47.7. The average molecular weight is 1110 g/mol. The molecule has 0 radical (unpaired) electrons. The van der Waals surface area contributed by atoms with E-state index in [2.05, 4.69) is 349 Å². The van der Waals surface area contributed by atoms with Crippen LogP contribution in [0.3, 0.4) is 0 Å². The third kappa shape index (κ3) is 8.17. The van der Waals surface area contributed by atoms with Crippen LogP contribution in [0.5, 0.6) is 0 Å². The smallest absolute Gasteiger partial charge is 0.0719 e. The van der Waals surface area contributed by atoms with Gasteiger partial charge in [0, 0.05) is 32.9 Å². The molecule has 2 heterocycles. The van der Waals surface area contributed by atoms with Crippen molar-refractivity contribution < 1.29 is 0 Å². The summed E-state index contributed by atoms with van der Waals surface area (Å²) in [7, 11) is 0. The molecule has 1 aliphatic carbocycles. The maximum atomic E-state index is 2.42. The number of para-hydroxylation sites is 2. The van der Waals surface area contributed by atoms with Crippen LogP contribution in [0.1, 0.15) is 22.3 Å². The number of fused-ring (bicyclic) bond motifs is 9. The molecule has 16 aromatic rings. The third-order valence-electron chi connectivity index (χ3n) is 18.4. The lowest BCUT2D eigenvalue weighted by atomic mass is 9.66. The van der Waals surface area contributed by atoms with Crippen LogP contribution >= 0.6 is 0 Å². The molecule has 0 atom stereocenters. The summed E-state index contributed by atoms with van der Waals surface area (Å²) in [6.07, 6.45) is 0. The Balaban J connectivity index is 0.656. The summed E-state index contributed by atoms with van der Waals surface area (Å²) in [5.41, 5.74) is 28.7. The van der Waals surface area contributed by atoms with Crippen molar-refractivity contribution in [3.63, 3.8) is 0 Å². The monoisotopic (exact) mass is 1100 g/mol. The van der Waals surface area contributed by atoms with E-state index in [0.29, 0.717) is 0 Å². The van der Waals surface area contributed by atoms with Crippen molar-refractivity contribution in [1.29, 1.82) is 0 Å². The number of benzene rings is 14. The molecule has 0 unspecified atom stereocenters. The van der Waals surface area contributed by atoms with E-state index in [1.54, 1.807) is 0 Å². The number of aromatic nitrogens is 2. The Morgan fingerprint density at radius 3 is 0.989 bits per heavy atom. The van der Waals surface area contributed by atoms with Crippen LogP contribution in [0.25, 0.3) is 133 Å². The van der Waals surface area contributed by atoms with Crippen molar-refractivity contribution in [2.45, 2.75) is 5.41 Å². The van der Waals surface area contributed by atoms with E-state index in [-0.39, 0.29) is 0 Å². The maximum absolute atomic E-state index is 2.42. The SMILES string of the molecule is c1ccc(-c2ccc(-n3c4ccccc4c4cc(-c5ccc6c(c5)c5ccccc5n6-c5ccc(-c6cccc(-c7ccc(-c8cccc(-c9ccccc9C9(c%10ccccc%10)c%10ccccc%10-c%10ccccc%109)c8)cc7)c6)cc5)ccc43)cc2)cc1. The highest BCUT2D eigenvalue weighted by Crippen LogP contribution is 2.58. The molecule has 0 aliphatic heterocycles. The van der Waals surface area contributed by atoms with Crippen LogP contribution in [-0.4, -0.2) is 9.13 Å². The van der Waals surface area contributed by atoms with Crippen LogP contribution in [-0.2, 0) is 5.41 Å². The molecule has 0 fully saturated rings. The molecule has 2 nitrogen and oxygen atoms in total. The Labute approximate surface area is 506 Å². The first-order chi connectivity index (χ1) is 43.1. The van der Waals surface area contributed by atoms with Gasteiger partial charge in [0.25, 0.3) is 0 Å². The van der Waals surface area contributed by atoms with E-state index < -0.39 is 5.41 Å². The molecule has 2 heteroatoms. The molecule has 2 aromatic heterocycles. The molecule has 0 spiro atoms. The lowest BCUT2D eigenvalue weighted by molar-refractivity contribution is 0.770. The van der Waals surface area contributed by atoms with Crippen molar-refractivity contribution in [3.05, 3.63) is 362 Å². The Hall–Kier alpha value is -11.3. The molecule has 17 rings (SSSR count). The van der Waals surface area contributed by atoms with Gasteiger partial charge in [-0.1, -0.05) is 267 Å². The molecule has 0 amide bonds. The lowest BCUT2D eigenvalue weighted by Gasteiger charge is -2.35. The summed E-state index contributed by atoms with van der Waals surface area (Å²) in [4.78, 5) is 0. The van der Waals surface area contributed by atoms with Crippen LogP contribution < -0.4 is 0 Å². The average Bonchev–Trinajstić information content (AvgIpc) is 1.78. The summed E-state index contributed by atoms with van der Waals surface area (Å²) >= 11 is 0. The van der Waals surface area contributed by atoms with Crippen LogP contribution in [0, 0.1) is 0 Å². The van der Waals surface area contributed by atoms with E-state index in [9.17, 15) is 0 Å². The third-order valence-corrected chi connectivity index (χ3v) is 18.4. The van der Waals surface area contributed by atoms with Gasteiger partial charge in [0.2, 0.25) is 0 Å². The van der Waals surface area contributed by atoms with Gasteiger partial charge in [0.1, 0.15) is 0 Å². The fraction of sp³-hybridized carbons (Fsp3) is 0.0118. The van der Waals surface area contributed by atoms with E-state index in [0.717, 1.165) is 11.4 Å². The predicted molar refractivity (Wildman–Crippen MR) is 365 cm³/mol. The van der Waals surface area contributed by atoms with E-state index in [1.165, 1.54) is 144 Å². The Bertz CT molecular complexity index is 5250. The van der Waals surface area contributed by atoms with E-state index in [1.807, 2.05) is 0 Å². The first-order valence-corrected chi connectivity index (χ1v) is 30.1. The van der Waals surface area contributed by atoms with Gasteiger partial charge in [-0.2, -0.15) is 0 Å². The zero-order valence-corrected chi connectivity index (χ0v) is 47.7. The van der Waals surface area contributed by atoms with Gasteiger partial charge in [-0.3, -0.25) is 0 Å². The molecule has 1 aliphatic rings. The van der Waals surface area contributed by atoms with Crippen LogP contribution in [0.2, 0.25) is 0 Å². The van der Waals surface area contributed by atoms with Gasteiger partial charge in [-0.05, 0) is 173 Å². The van der Waals surface area contributed by atoms with Gasteiger partial charge < -0.3 is 9.13 Å². The fourth-order valence-electron chi connectivity index (χ4n) is 14.4. The summed E-state index contributed by atoms with van der Waals surface area (Å²) in [5.74, 6) is 0. The Morgan fingerprint density at radius 1 is 0.184 bits per heavy atom. The molecule has 406 valence electrons. The van der Waals surface area contributed by atoms with Gasteiger partial charge in [0.05, 0.1) is 27.5 Å². The van der Waals surface area contributed by atoms with Gasteiger partial charge >= 0.3 is 0 Å². The summed E-state index contributed by atoms with van der Waals surface area (Å²) in [6, 6.07) is 125. The van der Waals surface area contributed by atoms with E-state index in [4.69, 9.17) is 0 Å².